The van der Waals surface area contributed by atoms with Crippen molar-refractivity contribution in [1.29, 1.82) is 0 Å². The van der Waals surface area contributed by atoms with Crippen molar-refractivity contribution in [3.05, 3.63) is 51.7 Å². The summed E-state index contributed by atoms with van der Waals surface area (Å²) in [7, 11) is 1.77. The normalized spacial score (nSPS) is 14.4. The zero-order valence-electron chi connectivity index (χ0n) is 16.5. The first-order valence-corrected chi connectivity index (χ1v) is 10.4. The predicted octanol–water partition coefficient (Wildman–Crippen LogP) is 4.67. The molecule has 1 fully saturated rings. The van der Waals surface area contributed by atoms with Crippen molar-refractivity contribution in [2.45, 2.75) is 45.7 Å². The van der Waals surface area contributed by atoms with E-state index < -0.39 is 0 Å². The highest BCUT2D eigenvalue weighted by atomic mass is 127. The van der Waals surface area contributed by atoms with Gasteiger partial charge in [-0.2, -0.15) is 0 Å². The van der Waals surface area contributed by atoms with E-state index in [1.165, 1.54) is 23.3 Å². The summed E-state index contributed by atoms with van der Waals surface area (Å²) in [4.78, 5) is 17.9. The Morgan fingerprint density at radius 3 is 2.61 bits per heavy atom. The molecule has 3 N–H and O–H groups in total. The number of benzene rings is 1. The lowest BCUT2D eigenvalue weighted by atomic mass is 10.1. The van der Waals surface area contributed by atoms with Gasteiger partial charge in [-0.3, -0.25) is 9.79 Å². The molecule has 1 aromatic carbocycles. The maximum absolute atomic E-state index is 12.3. The predicted molar refractivity (Wildman–Crippen MR) is 129 cm³/mol. The molecule has 2 aromatic rings. The van der Waals surface area contributed by atoms with Gasteiger partial charge in [0.15, 0.2) is 5.96 Å². The quantitative estimate of drug-likeness (QED) is 0.300. The highest BCUT2D eigenvalue weighted by Crippen LogP contribution is 2.26. The summed E-state index contributed by atoms with van der Waals surface area (Å²) in [6.45, 7) is 3.53. The fourth-order valence-corrected chi connectivity index (χ4v) is 4.19. The Morgan fingerprint density at radius 1 is 1.18 bits per heavy atom. The molecule has 5 nitrogen and oxygen atoms in total. The van der Waals surface area contributed by atoms with Crippen LogP contribution in [0, 0.1) is 12.8 Å². The number of rotatable bonds is 6. The molecule has 0 radical (unpaired) electrons. The SMILES string of the molecule is CN=C(NCc1cccc(NC(=O)C2CCCC2)c1)NCc1sccc1C.I. The van der Waals surface area contributed by atoms with E-state index in [1.54, 1.807) is 18.4 Å². The monoisotopic (exact) mass is 512 g/mol. The van der Waals surface area contributed by atoms with E-state index in [9.17, 15) is 4.79 Å². The number of guanidine groups is 1. The summed E-state index contributed by atoms with van der Waals surface area (Å²) in [6.07, 6.45) is 4.36. The van der Waals surface area contributed by atoms with Crippen LogP contribution >= 0.6 is 35.3 Å². The Hall–Kier alpha value is -1.61. The molecule has 0 saturated heterocycles. The maximum Gasteiger partial charge on any atom is 0.227 e. The zero-order valence-corrected chi connectivity index (χ0v) is 19.6. The second-order valence-corrected chi connectivity index (χ2v) is 7.98. The molecule has 1 saturated carbocycles. The van der Waals surface area contributed by atoms with Crippen molar-refractivity contribution < 1.29 is 4.79 Å². The summed E-state index contributed by atoms with van der Waals surface area (Å²) in [5.74, 6) is 1.10. The van der Waals surface area contributed by atoms with Gasteiger partial charge in [-0.05, 0) is 54.5 Å². The highest BCUT2D eigenvalue weighted by Gasteiger charge is 2.22. The lowest BCUT2D eigenvalue weighted by Crippen LogP contribution is -2.36. The van der Waals surface area contributed by atoms with Crippen LogP contribution in [-0.4, -0.2) is 18.9 Å². The lowest BCUT2D eigenvalue weighted by molar-refractivity contribution is -0.119. The summed E-state index contributed by atoms with van der Waals surface area (Å²) in [6, 6.07) is 10.1. The summed E-state index contributed by atoms with van der Waals surface area (Å²) in [5, 5.41) is 11.9. The van der Waals surface area contributed by atoms with Crippen molar-refractivity contribution in [2.75, 3.05) is 12.4 Å². The number of hydrogen-bond acceptors (Lipinski definition) is 3. The van der Waals surface area contributed by atoms with Gasteiger partial charge in [0, 0.05) is 30.1 Å². The minimum Gasteiger partial charge on any atom is -0.352 e. The lowest BCUT2D eigenvalue weighted by Gasteiger charge is -2.14. The van der Waals surface area contributed by atoms with Crippen molar-refractivity contribution in [1.82, 2.24) is 10.6 Å². The molecule has 28 heavy (non-hydrogen) atoms. The zero-order chi connectivity index (χ0) is 19.1. The molecular formula is C21H29IN4OS. The first-order chi connectivity index (χ1) is 13.2. The minimum absolute atomic E-state index is 0. The van der Waals surface area contributed by atoms with E-state index in [0.29, 0.717) is 6.54 Å². The summed E-state index contributed by atoms with van der Waals surface area (Å²) in [5.41, 5.74) is 3.27. The number of aliphatic imine (C=N–C) groups is 1. The smallest absolute Gasteiger partial charge is 0.227 e. The molecule has 3 rings (SSSR count). The molecule has 1 aliphatic carbocycles. The third-order valence-electron chi connectivity index (χ3n) is 4.99. The van der Waals surface area contributed by atoms with Crippen molar-refractivity contribution >= 4 is 52.9 Å². The van der Waals surface area contributed by atoms with Gasteiger partial charge in [0.1, 0.15) is 0 Å². The maximum atomic E-state index is 12.3. The Morgan fingerprint density at radius 2 is 1.93 bits per heavy atom. The summed E-state index contributed by atoms with van der Waals surface area (Å²) >= 11 is 1.75. The third-order valence-corrected chi connectivity index (χ3v) is 6.01. The number of carbonyl (C=O) groups is 1. The topological polar surface area (TPSA) is 65.5 Å². The van der Waals surface area contributed by atoms with Crippen LogP contribution in [-0.2, 0) is 17.9 Å². The number of aryl methyl sites for hydroxylation is 1. The number of amides is 1. The first kappa shape index (κ1) is 22.7. The average Bonchev–Trinajstić information content (AvgIpc) is 3.34. The Labute approximate surface area is 188 Å². The highest BCUT2D eigenvalue weighted by molar-refractivity contribution is 14.0. The van der Waals surface area contributed by atoms with Crippen LogP contribution in [0.2, 0.25) is 0 Å². The van der Waals surface area contributed by atoms with Gasteiger partial charge < -0.3 is 16.0 Å². The van der Waals surface area contributed by atoms with E-state index in [4.69, 9.17) is 0 Å². The molecular weight excluding hydrogens is 483 g/mol. The second-order valence-electron chi connectivity index (χ2n) is 6.98. The molecule has 0 bridgehead atoms. The Balaban J connectivity index is 0.00000280. The minimum atomic E-state index is 0. The van der Waals surface area contributed by atoms with Gasteiger partial charge in [0.05, 0.1) is 6.54 Å². The molecule has 0 unspecified atom stereocenters. The molecule has 7 heteroatoms. The van der Waals surface area contributed by atoms with E-state index >= 15 is 0 Å². The van der Waals surface area contributed by atoms with Gasteiger partial charge in [-0.1, -0.05) is 25.0 Å². The Bertz CT molecular complexity index is 799. The first-order valence-electron chi connectivity index (χ1n) is 9.53. The van der Waals surface area contributed by atoms with E-state index in [1.807, 2.05) is 18.2 Å². The van der Waals surface area contributed by atoms with Crippen molar-refractivity contribution in [3.8, 4) is 0 Å². The number of thiophene rings is 1. The fourth-order valence-electron chi connectivity index (χ4n) is 3.35. The van der Waals surface area contributed by atoms with Crippen LogP contribution < -0.4 is 16.0 Å². The number of nitrogens with zero attached hydrogens (tertiary/aromatic N) is 1. The molecule has 1 aromatic heterocycles. The second kappa shape index (κ2) is 11.4. The number of nitrogens with one attached hydrogen (secondary N) is 3. The van der Waals surface area contributed by atoms with Gasteiger partial charge in [0.25, 0.3) is 0 Å². The molecule has 1 heterocycles. The van der Waals surface area contributed by atoms with E-state index in [2.05, 4.69) is 45.4 Å². The van der Waals surface area contributed by atoms with Crippen molar-refractivity contribution in [3.63, 3.8) is 0 Å². The van der Waals surface area contributed by atoms with Crippen LogP contribution in [0.25, 0.3) is 0 Å². The number of hydrogen-bond donors (Lipinski definition) is 3. The van der Waals surface area contributed by atoms with Gasteiger partial charge in [0.2, 0.25) is 5.91 Å². The van der Waals surface area contributed by atoms with Crippen LogP contribution in [0.1, 0.15) is 41.7 Å². The van der Waals surface area contributed by atoms with Crippen LogP contribution in [0.5, 0.6) is 0 Å². The number of anilines is 1. The van der Waals surface area contributed by atoms with E-state index in [-0.39, 0.29) is 35.8 Å². The third kappa shape index (κ3) is 6.48. The summed E-state index contributed by atoms with van der Waals surface area (Å²) < 4.78 is 0. The molecule has 1 aliphatic rings. The molecule has 0 spiro atoms. The molecule has 152 valence electrons. The fraction of sp³-hybridized carbons (Fsp3) is 0.429. The van der Waals surface area contributed by atoms with Crippen LogP contribution in [0.4, 0.5) is 5.69 Å². The van der Waals surface area contributed by atoms with Crippen LogP contribution in [0.15, 0.2) is 40.7 Å². The van der Waals surface area contributed by atoms with Crippen molar-refractivity contribution in [2.24, 2.45) is 10.9 Å². The standard InChI is InChI=1S/C21H28N4OS.HI/c1-15-10-11-27-19(15)14-24-21(22-2)23-13-16-6-5-9-18(12-16)25-20(26)17-7-3-4-8-17;/h5-6,9-12,17H,3-4,7-8,13-14H2,1-2H3,(H,25,26)(H2,22,23,24);1H. The Kier molecular flexibility index (Phi) is 9.24. The van der Waals surface area contributed by atoms with Crippen LogP contribution in [0.3, 0.4) is 0 Å². The number of halogens is 1. The molecule has 1 amide bonds. The molecule has 0 atom stereocenters. The molecule has 0 aliphatic heterocycles. The van der Waals surface area contributed by atoms with Gasteiger partial charge in [-0.15, -0.1) is 35.3 Å². The average molecular weight is 512 g/mol. The number of carbonyl (C=O) groups excluding carboxylic acids is 1. The van der Waals surface area contributed by atoms with E-state index in [0.717, 1.165) is 36.6 Å². The van der Waals surface area contributed by atoms with Gasteiger partial charge >= 0.3 is 0 Å². The largest absolute Gasteiger partial charge is 0.352 e. The van der Waals surface area contributed by atoms with Gasteiger partial charge in [-0.25, -0.2) is 0 Å².